The zero-order valence-corrected chi connectivity index (χ0v) is 8.12. The lowest BCUT2D eigenvalue weighted by Gasteiger charge is -2.43. The van der Waals surface area contributed by atoms with E-state index in [4.69, 9.17) is 4.74 Å². The number of hydrogen-bond acceptors (Lipinski definition) is 3. The molecule has 0 amide bonds. The predicted octanol–water partition coefficient (Wildman–Crippen LogP) is 1.47. The van der Waals surface area contributed by atoms with E-state index in [0.717, 1.165) is 6.42 Å². The summed E-state index contributed by atoms with van der Waals surface area (Å²) in [5.41, 5.74) is -0.261. The largest absolute Gasteiger partial charge is 0.465 e. The number of carbonyl (C=O) groups is 2. The molecule has 1 heterocycles. The quantitative estimate of drug-likeness (QED) is 0.469. The molecule has 1 aliphatic carbocycles. The first-order valence-electron chi connectivity index (χ1n) is 4.97. The van der Waals surface area contributed by atoms with Crippen molar-refractivity contribution in [3.05, 3.63) is 12.7 Å². The summed E-state index contributed by atoms with van der Waals surface area (Å²) >= 11 is 0. The second kappa shape index (κ2) is 3.23. The van der Waals surface area contributed by atoms with E-state index < -0.39 is 0 Å². The zero-order chi connectivity index (χ0) is 10.2. The van der Waals surface area contributed by atoms with Crippen molar-refractivity contribution in [3.63, 3.8) is 0 Å². The van der Waals surface area contributed by atoms with Crippen LogP contribution in [0.1, 0.15) is 25.7 Å². The second-order valence-electron chi connectivity index (χ2n) is 4.25. The molecule has 0 aromatic heterocycles. The van der Waals surface area contributed by atoms with Crippen LogP contribution in [0, 0.1) is 11.3 Å². The van der Waals surface area contributed by atoms with Gasteiger partial charge in [0.2, 0.25) is 0 Å². The maximum absolute atomic E-state index is 11.4. The topological polar surface area (TPSA) is 43.4 Å². The van der Waals surface area contributed by atoms with E-state index >= 15 is 0 Å². The van der Waals surface area contributed by atoms with Crippen molar-refractivity contribution in [1.82, 2.24) is 0 Å². The summed E-state index contributed by atoms with van der Waals surface area (Å²) in [6, 6.07) is 0. The molecule has 0 N–H and O–H groups in total. The van der Waals surface area contributed by atoms with Gasteiger partial charge < -0.3 is 4.74 Å². The lowest BCUT2D eigenvalue weighted by atomic mass is 9.64. The predicted molar refractivity (Wildman–Crippen MR) is 50.6 cm³/mol. The molecule has 1 saturated carbocycles. The Bertz CT molecular complexity index is 295. The lowest BCUT2D eigenvalue weighted by molar-refractivity contribution is -0.161. The number of esters is 1. The molecular formula is C11H14O3. The van der Waals surface area contributed by atoms with Crippen molar-refractivity contribution in [1.29, 1.82) is 0 Å². The Labute approximate surface area is 83.1 Å². The van der Waals surface area contributed by atoms with Crippen molar-refractivity contribution in [2.24, 2.45) is 11.3 Å². The standard InChI is InChI=1S/C11H14O3/c1-2-11-6-9(12)4-3-8(11)5-10(13)14-7-11/h2,8H,1,3-7H2. The van der Waals surface area contributed by atoms with Crippen LogP contribution in [0.5, 0.6) is 0 Å². The number of rotatable bonds is 1. The Kier molecular flexibility index (Phi) is 2.17. The Morgan fingerprint density at radius 2 is 2.29 bits per heavy atom. The molecule has 76 valence electrons. The fraction of sp³-hybridized carbons (Fsp3) is 0.636. The van der Waals surface area contributed by atoms with Crippen molar-refractivity contribution in [2.75, 3.05) is 6.61 Å². The highest BCUT2D eigenvalue weighted by molar-refractivity contribution is 5.81. The summed E-state index contributed by atoms with van der Waals surface area (Å²) in [6.07, 6.45) is 4.16. The van der Waals surface area contributed by atoms with Crippen LogP contribution in [0.3, 0.4) is 0 Å². The van der Waals surface area contributed by atoms with Crippen LogP contribution in [0.15, 0.2) is 12.7 Å². The van der Waals surface area contributed by atoms with Gasteiger partial charge in [0, 0.05) is 24.7 Å². The van der Waals surface area contributed by atoms with Gasteiger partial charge >= 0.3 is 5.97 Å². The molecule has 2 fully saturated rings. The zero-order valence-electron chi connectivity index (χ0n) is 8.12. The highest BCUT2D eigenvalue weighted by atomic mass is 16.5. The van der Waals surface area contributed by atoms with Crippen molar-refractivity contribution < 1.29 is 14.3 Å². The van der Waals surface area contributed by atoms with Crippen LogP contribution in [0.25, 0.3) is 0 Å². The first-order chi connectivity index (χ1) is 6.66. The number of hydrogen-bond donors (Lipinski definition) is 0. The van der Waals surface area contributed by atoms with Crippen LogP contribution < -0.4 is 0 Å². The van der Waals surface area contributed by atoms with Crippen LogP contribution in [0.4, 0.5) is 0 Å². The lowest BCUT2D eigenvalue weighted by Crippen LogP contribution is -2.45. The van der Waals surface area contributed by atoms with Gasteiger partial charge in [-0.25, -0.2) is 0 Å². The molecule has 3 heteroatoms. The summed E-state index contributed by atoms with van der Waals surface area (Å²) in [5, 5.41) is 0. The summed E-state index contributed by atoms with van der Waals surface area (Å²) in [4.78, 5) is 22.5. The van der Waals surface area contributed by atoms with Crippen LogP contribution >= 0.6 is 0 Å². The number of Topliss-reactive ketones (excluding diaryl/α,β-unsaturated/α-hetero) is 1. The number of fused-ring (bicyclic) bond motifs is 1. The average Bonchev–Trinajstić information content (AvgIpc) is 2.19. The molecule has 14 heavy (non-hydrogen) atoms. The minimum atomic E-state index is -0.261. The highest BCUT2D eigenvalue weighted by Crippen LogP contribution is 2.45. The van der Waals surface area contributed by atoms with Gasteiger partial charge in [0.05, 0.1) is 0 Å². The Morgan fingerprint density at radius 3 is 3.00 bits per heavy atom. The van der Waals surface area contributed by atoms with Crippen molar-refractivity contribution in [2.45, 2.75) is 25.7 Å². The molecule has 2 unspecified atom stereocenters. The van der Waals surface area contributed by atoms with Crippen LogP contribution in [-0.4, -0.2) is 18.4 Å². The molecule has 2 atom stereocenters. The molecule has 0 radical (unpaired) electrons. The van der Waals surface area contributed by atoms with Gasteiger partial charge in [-0.15, -0.1) is 6.58 Å². The van der Waals surface area contributed by atoms with E-state index in [1.54, 1.807) is 6.08 Å². The van der Waals surface area contributed by atoms with Crippen molar-refractivity contribution in [3.8, 4) is 0 Å². The highest BCUT2D eigenvalue weighted by Gasteiger charge is 2.46. The van der Waals surface area contributed by atoms with Gasteiger partial charge in [0.15, 0.2) is 0 Å². The van der Waals surface area contributed by atoms with Gasteiger partial charge in [-0.3, -0.25) is 9.59 Å². The molecule has 0 aromatic rings. The molecule has 0 bridgehead atoms. The number of ketones is 1. The SMILES string of the molecule is C=CC12COC(=O)CC1CCC(=O)C2. The number of carbonyl (C=O) groups excluding carboxylic acids is 2. The molecule has 3 nitrogen and oxygen atoms in total. The number of cyclic esters (lactones) is 1. The normalized spacial score (nSPS) is 37.3. The third-order valence-corrected chi connectivity index (χ3v) is 3.43. The average molecular weight is 194 g/mol. The van der Waals surface area contributed by atoms with E-state index in [9.17, 15) is 9.59 Å². The monoisotopic (exact) mass is 194 g/mol. The summed E-state index contributed by atoms with van der Waals surface area (Å²) in [5.74, 6) is 0.389. The Morgan fingerprint density at radius 1 is 1.50 bits per heavy atom. The van der Waals surface area contributed by atoms with Gasteiger partial charge in [-0.1, -0.05) is 6.08 Å². The van der Waals surface area contributed by atoms with E-state index in [1.165, 1.54) is 0 Å². The first kappa shape index (κ1) is 9.44. The van der Waals surface area contributed by atoms with E-state index in [2.05, 4.69) is 6.58 Å². The van der Waals surface area contributed by atoms with Gasteiger partial charge in [0.1, 0.15) is 12.4 Å². The molecule has 2 aliphatic rings. The Balaban J connectivity index is 2.23. The fourth-order valence-corrected chi connectivity index (χ4v) is 2.47. The van der Waals surface area contributed by atoms with Crippen molar-refractivity contribution >= 4 is 11.8 Å². The summed E-state index contributed by atoms with van der Waals surface area (Å²) in [7, 11) is 0. The van der Waals surface area contributed by atoms with Gasteiger partial charge in [0.25, 0.3) is 0 Å². The molecule has 0 aromatic carbocycles. The molecule has 2 rings (SSSR count). The van der Waals surface area contributed by atoms with E-state index in [-0.39, 0.29) is 23.1 Å². The minimum absolute atomic E-state index is 0.137. The number of ether oxygens (including phenoxy) is 1. The Hall–Kier alpha value is -1.12. The third kappa shape index (κ3) is 1.37. The van der Waals surface area contributed by atoms with Crippen LogP contribution in [0.2, 0.25) is 0 Å². The second-order valence-corrected chi connectivity index (χ2v) is 4.25. The van der Waals surface area contributed by atoms with Gasteiger partial charge in [-0.2, -0.15) is 0 Å². The fourth-order valence-electron chi connectivity index (χ4n) is 2.47. The van der Waals surface area contributed by atoms with E-state index in [1.807, 2.05) is 0 Å². The van der Waals surface area contributed by atoms with Gasteiger partial charge in [-0.05, 0) is 12.3 Å². The van der Waals surface area contributed by atoms with Crippen LogP contribution in [-0.2, 0) is 14.3 Å². The first-order valence-corrected chi connectivity index (χ1v) is 4.97. The maximum Gasteiger partial charge on any atom is 0.306 e. The smallest absolute Gasteiger partial charge is 0.306 e. The minimum Gasteiger partial charge on any atom is -0.465 e. The summed E-state index contributed by atoms with van der Waals surface area (Å²) in [6.45, 7) is 4.11. The summed E-state index contributed by atoms with van der Waals surface area (Å²) < 4.78 is 5.03. The maximum atomic E-state index is 11.4. The molecule has 1 aliphatic heterocycles. The van der Waals surface area contributed by atoms with E-state index in [0.29, 0.717) is 25.9 Å². The molecule has 1 saturated heterocycles. The third-order valence-electron chi connectivity index (χ3n) is 3.43. The molecular weight excluding hydrogens is 180 g/mol. The molecule has 0 spiro atoms.